The molecule has 0 unspecified atom stereocenters. The largest absolute Gasteiger partial charge is 0.342 e. The van der Waals surface area contributed by atoms with Gasteiger partial charge >= 0.3 is 6.03 Å². The quantitative estimate of drug-likeness (QED) is 0.708. The van der Waals surface area contributed by atoms with E-state index in [2.05, 4.69) is 20.4 Å². The van der Waals surface area contributed by atoms with Gasteiger partial charge in [0.05, 0.1) is 17.2 Å². The van der Waals surface area contributed by atoms with Crippen LogP contribution in [0, 0.1) is 0 Å². The fourth-order valence-electron chi connectivity index (χ4n) is 2.58. The topological polar surface area (TPSA) is 78.8 Å². The molecular formula is C17H21ClN6O. The van der Waals surface area contributed by atoms with E-state index in [1.807, 2.05) is 37.6 Å². The summed E-state index contributed by atoms with van der Waals surface area (Å²) < 4.78 is 1.75. The number of hydrogen-bond donors (Lipinski definition) is 2. The smallest absolute Gasteiger partial charge is 0.317 e. The molecule has 7 nitrogen and oxygen atoms in total. The fraction of sp³-hybridized carbons (Fsp3) is 0.353. The third-order valence-corrected chi connectivity index (χ3v) is 4.21. The van der Waals surface area contributed by atoms with Crippen molar-refractivity contribution < 1.29 is 4.79 Å². The molecule has 0 radical (unpaired) electrons. The first-order valence-electron chi connectivity index (χ1n) is 8.12. The summed E-state index contributed by atoms with van der Waals surface area (Å²) in [5, 5.41) is 7.70. The molecule has 0 spiro atoms. The molecule has 0 fully saturated rings. The number of hydrogen-bond acceptors (Lipinski definition) is 3. The van der Waals surface area contributed by atoms with Crippen molar-refractivity contribution in [3.63, 3.8) is 0 Å². The zero-order valence-corrected chi connectivity index (χ0v) is 15.0. The Morgan fingerprint density at radius 3 is 3.00 bits per heavy atom. The highest BCUT2D eigenvalue weighted by atomic mass is 35.5. The van der Waals surface area contributed by atoms with Crippen molar-refractivity contribution in [2.75, 3.05) is 20.1 Å². The molecular weight excluding hydrogens is 340 g/mol. The Kier molecular flexibility index (Phi) is 5.23. The number of rotatable bonds is 6. The second kappa shape index (κ2) is 7.57. The maximum Gasteiger partial charge on any atom is 0.317 e. The molecule has 2 amide bonds. The molecule has 2 N–H and O–H groups in total. The van der Waals surface area contributed by atoms with Crippen molar-refractivity contribution in [3.8, 4) is 0 Å². The van der Waals surface area contributed by atoms with Gasteiger partial charge in [0.15, 0.2) is 0 Å². The minimum absolute atomic E-state index is 0.0944. The van der Waals surface area contributed by atoms with Gasteiger partial charge in [-0.1, -0.05) is 11.6 Å². The van der Waals surface area contributed by atoms with Crippen molar-refractivity contribution in [1.29, 1.82) is 0 Å². The summed E-state index contributed by atoms with van der Waals surface area (Å²) >= 11 is 5.98. The van der Waals surface area contributed by atoms with E-state index in [-0.39, 0.29) is 6.03 Å². The summed E-state index contributed by atoms with van der Waals surface area (Å²) in [6, 6.07) is 5.45. The normalized spacial score (nSPS) is 11.0. The Bertz CT molecular complexity index is 871. The number of halogens is 1. The number of nitrogens with zero attached hydrogens (tertiary/aromatic N) is 4. The van der Waals surface area contributed by atoms with E-state index in [0.29, 0.717) is 24.5 Å². The monoisotopic (exact) mass is 360 g/mol. The number of urea groups is 1. The van der Waals surface area contributed by atoms with Gasteiger partial charge in [-0.2, -0.15) is 5.10 Å². The predicted molar refractivity (Wildman–Crippen MR) is 97.7 cm³/mol. The van der Waals surface area contributed by atoms with E-state index >= 15 is 0 Å². The van der Waals surface area contributed by atoms with Gasteiger partial charge in [-0.15, -0.1) is 0 Å². The third kappa shape index (κ3) is 4.51. The van der Waals surface area contributed by atoms with E-state index in [0.717, 1.165) is 28.8 Å². The number of H-pyrrole nitrogens is 1. The zero-order chi connectivity index (χ0) is 17.8. The van der Waals surface area contributed by atoms with Crippen molar-refractivity contribution in [2.45, 2.75) is 12.8 Å². The van der Waals surface area contributed by atoms with Crippen LogP contribution in [-0.4, -0.2) is 50.8 Å². The van der Waals surface area contributed by atoms with E-state index < -0.39 is 0 Å². The minimum atomic E-state index is -0.0944. The summed E-state index contributed by atoms with van der Waals surface area (Å²) in [5.74, 6) is 0.840. The number of aryl methyl sites for hydroxylation is 1. The number of imidazole rings is 1. The van der Waals surface area contributed by atoms with Crippen LogP contribution in [0.15, 0.2) is 30.6 Å². The molecule has 0 aliphatic rings. The highest BCUT2D eigenvalue weighted by Gasteiger charge is 2.10. The summed E-state index contributed by atoms with van der Waals surface area (Å²) in [7, 11) is 3.65. The first-order valence-corrected chi connectivity index (χ1v) is 8.49. The molecule has 0 saturated carbocycles. The van der Waals surface area contributed by atoms with Crippen molar-refractivity contribution in [1.82, 2.24) is 30.0 Å². The molecule has 3 rings (SSSR count). The Hall–Kier alpha value is -2.54. The number of aromatic nitrogens is 4. The maximum absolute atomic E-state index is 12.1. The number of fused-ring (bicyclic) bond motifs is 1. The van der Waals surface area contributed by atoms with Gasteiger partial charge in [-0.25, -0.2) is 9.78 Å². The fourth-order valence-corrected chi connectivity index (χ4v) is 2.75. The average molecular weight is 361 g/mol. The Morgan fingerprint density at radius 2 is 2.24 bits per heavy atom. The second-order valence-corrected chi connectivity index (χ2v) is 6.46. The van der Waals surface area contributed by atoms with E-state index in [4.69, 9.17) is 11.6 Å². The van der Waals surface area contributed by atoms with Gasteiger partial charge in [-0.3, -0.25) is 4.68 Å². The van der Waals surface area contributed by atoms with Gasteiger partial charge in [0.25, 0.3) is 0 Å². The lowest BCUT2D eigenvalue weighted by Crippen LogP contribution is -2.39. The molecule has 1 aromatic carbocycles. The number of carbonyl (C=O) groups excluding carboxylic acids is 1. The molecule has 2 aromatic heterocycles. The molecule has 0 bridgehead atoms. The maximum atomic E-state index is 12.1. The second-order valence-electron chi connectivity index (χ2n) is 6.02. The minimum Gasteiger partial charge on any atom is -0.342 e. The molecule has 2 heterocycles. The highest BCUT2D eigenvalue weighted by molar-refractivity contribution is 6.31. The van der Waals surface area contributed by atoms with Gasteiger partial charge in [0.1, 0.15) is 5.82 Å². The Labute approximate surface area is 151 Å². The first-order chi connectivity index (χ1) is 12.0. The van der Waals surface area contributed by atoms with Crippen LogP contribution in [0.5, 0.6) is 0 Å². The van der Waals surface area contributed by atoms with Crippen LogP contribution in [0.1, 0.15) is 11.4 Å². The molecule has 8 heteroatoms. The molecule has 0 saturated heterocycles. The molecule has 25 heavy (non-hydrogen) atoms. The zero-order valence-electron chi connectivity index (χ0n) is 14.3. The summed E-state index contributed by atoms with van der Waals surface area (Å²) in [6.07, 6.45) is 5.17. The lowest BCUT2D eigenvalue weighted by molar-refractivity contribution is 0.209. The van der Waals surface area contributed by atoms with Gasteiger partial charge in [0, 0.05) is 44.8 Å². The van der Waals surface area contributed by atoms with Crippen LogP contribution in [0.2, 0.25) is 5.02 Å². The Balaban J connectivity index is 1.45. The van der Waals surface area contributed by atoms with Crippen LogP contribution < -0.4 is 5.32 Å². The summed E-state index contributed by atoms with van der Waals surface area (Å²) in [5.41, 5.74) is 2.89. The van der Waals surface area contributed by atoms with Gasteiger partial charge in [0.2, 0.25) is 0 Å². The number of benzene rings is 1. The van der Waals surface area contributed by atoms with E-state index in [1.54, 1.807) is 16.6 Å². The number of nitrogens with one attached hydrogen (secondary N) is 2. The van der Waals surface area contributed by atoms with Gasteiger partial charge < -0.3 is 15.2 Å². The van der Waals surface area contributed by atoms with Crippen molar-refractivity contribution >= 4 is 28.7 Å². The highest BCUT2D eigenvalue weighted by Crippen LogP contribution is 2.17. The van der Waals surface area contributed by atoms with E-state index in [1.165, 1.54) is 0 Å². The van der Waals surface area contributed by atoms with Gasteiger partial charge in [-0.05, 0) is 30.2 Å². The lowest BCUT2D eigenvalue weighted by atomic mass is 10.2. The number of likely N-dealkylation sites (N-methyl/N-ethyl adjacent to an activating group) is 1. The lowest BCUT2D eigenvalue weighted by Gasteiger charge is -2.17. The van der Waals surface area contributed by atoms with Crippen LogP contribution in [0.25, 0.3) is 11.0 Å². The molecule has 0 atom stereocenters. The van der Waals surface area contributed by atoms with Crippen molar-refractivity contribution in [2.24, 2.45) is 7.05 Å². The van der Waals surface area contributed by atoms with Crippen LogP contribution in [0.3, 0.4) is 0 Å². The van der Waals surface area contributed by atoms with Crippen LogP contribution >= 0.6 is 11.6 Å². The summed E-state index contributed by atoms with van der Waals surface area (Å²) in [6.45, 7) is 1.16. The molecule has 3 aromatic rings. The number of aromatic amines is 1. The predicted octanol–water partition coefficient (Wildman–Crippen LogP) is 2.38. The number of amides is 2. The molecule has 132 valence electrons. The molecule has 0 aliphatic heterocycles. The van der Waals surface area contributed by atoms with Crippen LogP contribution in [-0.2, 0) is 19.9 Å². The SMILES string of the molecule is CN(CCc1nc2ccc(Cl)cc2[nH]1)C(=O)NCCc1cnn(C)c1. The number of carbonyl (C=O) groups is 1. The average Bonchev–Trinajstić information content (AvgIpc) is 3.17. The van der Waals surface area contributed by atoms with E-state index in [9.17, 15) is 4.79 Å². The van der Waals surface area contributed by atoms with Crippen molar-refractivity contribution in [3.05, 3.63) is 47.0 Å². The van der Waals surface area contributed by atoms with Crippen LogP contribution in [0.4, 0.5) is 4.79 Å². The summed E-state index contributed by atoms with van der Waals surface area (Å²) in [4.78, 5) is 21.5. The Morgan fingerprint density at radius 1 is 1.40 bits per heavy atom. The first kappa shape index (κ1) is 17.3. The third-order valence-electron chi connectivity index (χ3n) is 3.97. The molecule has 0 aliphatic carbocycles. The standard InChI is InChI=1S/C17H21ClN6O/c1-23(17(25)19-7-5-12-10-20-24(2)11-12)8-6-16-21-14-4-3-13(18)9-15(14)22-16/h3-4,9-11H,5-8H2,1-2H3,(H,19,25)(H,21,22).